The summed E-state index contributed by atoms with van der Waals surface area (Å²) in [4.78, 5) is 10.7. The number of benzene rings is 1. The van der Waals surface area contributed by atoms with E-state index in [4.69, 9.17) is 0 Å². The molecular formula is C14H14Br2N4O2S. The Hall–Kier alpha value is -1.03. The molecule has 0 bridgehead atoms. The number of rotatable bonds is 3. The first-order valence-electron chi connectivity index (χ1n) is 6.95. The third-order valence-corrected chi connectivity index (χ3v) is 6.97. The minimum Gasteiger partial charge on any atom is -0.338 e. The number of aromatic nitrogens is 2. The van der Waals surface area contributed by atoms with Gasteiger partial charge in [0.05, 0.1) is 4.90 Å². The second-order valence-corrected chi connectivity index (χ2v) is 8.69. The van der Waals surface area contributed by atoms with E-state index in [1.807, 2.05) is 4.90 Å². The smallest absolute Gasteiger partial charge is 0.244 e. The Morgan fingerprint density at radius 2 is 1.65 bits per heavy atom. The number of halogens is 2. The summed E-state index contributed by atoms with van der Waals surface area (Å²) in [7, 11) is -3.53. The maximum Gasteiger partial charge on any atom is 0.244 e. The van der Waals surface area contributed by atoms with Gasteiger partial charge in [0.15, 0.2) is 0 Å². The van der Waals surface area contributed by atoms with Crippen molar-refractivity contribution in [3.8, 4) is 0 Å². The lowest BCUT2D eigenvalue weighted by molar-refractivity contribution is 0.382. The number of sulfonamides is 1. The molecule has 23 heavy (non-hydrogen) atoms. The SMILES string of the molecule is O=S(=O)(c1cc(Br)ccc1Br)N1CCN(c2ncccn2)CC1. The van der Waals surface area contributed by atoms with Gasteiger partial charge in [0, 0.05) is 47.5 Å². The molecule has 1 fully saturated rings. The van der Waals surface area contributed by atoms with E-state index >= 15 is 0 Å². The van der Waals surface area contributed by atoms with Crippen LogP contribution < -0.4 is 4.90 Å². The summed E-state index contributed by atoms with van der Waals surface area (Å²) in [5.41, 5.74) is 0. The first-order valence-corrected chi connectivity index (χ1v) is 9.98. The standard InChI is InChI=1S/C14H14Br2N4O2S/c15-11-2-3-12(16)13(10-11)23(21,22)20-8-6-19(7-9-20)14-17-4-1-5-18-14/h1-5,10H,6-9H2. The molecule has 0 radical (unpaired) electrons. The van der Waals surface area contributed by atoms with Crippen LogP contribution in [0.5, 0.6) is 0 Å². The summed E-state index contributed by atoms with van der Waals surface area (Å²) in [5, 5.41) is 0. The third-order valence-electron chi connectivity index (χ3n) is 3.58. The number of piperazine rings is 1. The van der Waals surface area contributed by atoms with Crippen LogP contribution in [0.1, 0.15) is 0 Å². The van der Waals surface area contributed by atoms with E-state index in [0.29, 0.717) is 36.6 Å². The molecule has 0 spiro atoms. The zero-order chi connectivity index (χ0) is 16.4. The van der Waals surface area contributed by atoms with Crippen LogP contribution in [0.3, 0.4) is 0 Å². The van der Waals surface area contributed by atoms with Crippen LogP contribution in [0.25, 0.3) is 0 Å². The van der Waals surface area contributed by atoms with E-state index in [9.17, 15) is 8.42 Å². The lowest BCUT2D eigenvalue weighted by Crippen LogP contribution is -2.49. The Morgan fingerprint density at radius 1 is 1.00 bits per heavy atom. The minimum absolute atomic E-state index is 0.274. The molecule has 122 valence electrons. The molecule has 1 aliphatic rings. The fraction of sp³-hybridized carbons (Fsp3) is 0.286. The molecule has 9 heteroatoms. The van der Waals surface area contributed by atoms with Crippen molar-refractivity contribution >= 4 is 47.8 Å². The van der Waals surface area contributed by atoms with Crippen molar-refractivity contribution in [2.75, 3.05) is 31.1 Å². The average Bonchev–Trinajstić information content (AvgIpc) is 2.58. The van der Waals surface area contributed by atoms with Crippen molar-refractivity contribution < 1.29 is 8.42 Å². The predicted octanol–water partition coefficient (Wildman–Crippen LogP) is 2.51. The second kappa shape index (κ2) is 6.84. The van der Waals surface area contributed by atoms with Gasteiger partial charge < -0.3 is 4.90 Å². The lowest BCUT2D eigenvalue weighted by Gasteiger charge is -2.34. The maximum absolute atomic E-state index is 12.8. The highest BCUT2D eigenvalue weighted by Crippen LogP contribution is 2.29. The van der Waals surface area contributed by atoms with E-state index in [1.165, 1.54) is 4.31 Å². The molecule has 0 amide bonds. The molecular weight excluding hydrogens is 448 g/mol. The Bertz CT molecular complexity index is 794. The summed E-state index contributed by atoms with van der Waals surface area (Å²) in [5.74, 6) is 0.633. The lowest BCUT2D eigenvalue weighted by atomic mass is 10.4. The summed E-state index contributed by atoms with van der Waals surface area (Å²) in [6.07, 6.45) is 3.37. The highest BCUT2D eigenvalue weighted by Gasteiger charge is 2.30. The summed E-state index contributed by atoms with van der Waals surface area (Å²) in [6.45, 7) is 1.93. The van der Waals surface area contributed by atoms with Gasteiger partial charge in [0.25, 0.3) is 0 Å². The molecule has 0 unspecified atom stereocenters. The molecule has 1 aliphatic heterocycles. The maximum atomic E-state index is 12.8. The fourth-order valence-corrected chi connectivity index (χ4v) is 5.28. The topological polar surface area (TPSA) is 66.4 Å². The van der Waals surface area contributed by atoms with E-state index in [0.717, 1.165) is 4.47 Å². The highest BCUT2D eigenvalue weighted by atomic mass is 79.9. The van der Waals surface area contributed by atoms with Crippen LogP contribution >= 0.6 is 31.9 Å². The van der Waals surface area contributed by atoms with Crippen LogP contribution in [0.4, 0.5) is 5.95 Å². The zero-order valence-corrected chi connectivity index (χ0v) is 16.1. The van der Waals surface area contributed by atoms with Crippen molar-refractivity contribution in [1.29, 1.82) is 0 Å². The number of hydrogen-bond donors (Lipinski definition) is 0. The predicted molar refractivity (Wildman–Crippen MR) is 94.8 cm³/mol. The highest BCUT2D eigenvalue weighted by molar-refractivity contribution is 9.11. The molecule has 2 aromatic rings. The van der Waals surface area contributed by atoms with Gasteiger partial charge in [-0.25, -0.2) is 18.4 Å². The van der Waals surface area contributed by atoms with Crippen LogP contribution in [0.2, 0.25) is 0 Å². The van der Waals surface area contributed by atoms with Gasteiger partial charge in [-0.05, 0) is 40.2 Å². The number of nitrogens with zero attached hydrogens (tertiary/aromatic N) is 4. The van der Waals surface area contributed by atoms with Crippen molar-refractivity contribution in [2.45, 2.75) is 4.90 Å². The molecule has 3 rings (SSSR count). The monoisotopic (exact) mass is 460 g/mol. The second-order valence-electron chi connectivity index (χ2n) is 5.01. The van der Waals surface area contributed by atoms with Crippen LogP contribution in [-0.2, 0) is 10.0 Å². The van der Waals surface area contributed by atoms with Crippen LogP contribution in [0.15, 0.2) is 50.5 Å². The van der Waals surface area contributed by atoms with Crippen molar-refractivity contribution in [2.24, 2.45) is 0 Å². The van der Waals surface area contributed by atoms with Gasteiger partial charge in [0.1, 0.15) is 0 Å². The molecule has 0 N–H and O–H groups in total. The van der Waals surface area contributed by atoms with Gasteiger partial charge in [-0.3, -0.25) is 0 Å². The molecule has 6 nitrogen and oxygen atoms in total. The molecule has 1 aromatic carbocycles. The van der Waals surface area contributed by atoms with Gasteiger partial charge in [-0.2, -0.15) is 4.31 Å². The van der Waals surface area contributed by atoms with Gasteiger partial charge in [0.2, 0.25) is 16.0 Å². The normalized spacial score (nSPS) is 16.5. The molecule has 1 saturated heterocycles. The van der Waals surface area contributed by atoms with Crippen molar-refractivity contribution in [1.82, 2.24) is 14.3 Å². The Balaban J connectivity index is 1.78. The molecule has 1 aromatic heterocycles. The summed E-state index contributed by atoms with van der Waals surface area (Å²) in [6, 6.07) is 6.90. The summed E-state index contributed by atoms with van der Waals surface area (Å²) < 4.78 is 28.5. The first-order chi connectivity index (χ1) is 11.0. The molecule has 0 saturated carbocycles. The first kappa shape index (κ1) is 16.8. The zero-order valence-electron chi connectivity index (χ0n) is 12.1. The van der Waals surface area contributed by atoms with Crippen LogP contribution in [0, 0.1) is 0 Å². The van der Waals surface area contributed by atoms with E-state index in [2.05, 4.69) is 41.8 Å². The molecule has 0 atom stereocenters. The minimum atomic E-state index is -3.53. The van der Waals surface area contributed by atoms with E-state index < -0.39 is 10.0 Å². The van der Waals surface area contributed by atoms with Crippen molar-refractivity contribution in [3.63, 3.8) is 0 Å². The quantitative estimate of drug-likeness (QED) is 0.702. The Kier molecular flexibility index (Phi) is 5.00. The number of hydrogen-bond acceptors (Lipinski definition) is 5. The summed E-state index contributed by atoms with van der Waals surface area (Å²) >= 11 is 6.65. The Morgan fingerprint density at radius 3 is 2.30 bits per heavy atom. The number of anilines is 1. The van der Waals surface area contributed by atoms with Gasteiger partial charge in [-0.1, -0.05) is 15.9 Å². The largest absolute Gasteiger partial charge is 0.338 e. The average molecular weight is 462 g/mol. The van der Waals surface area contributed by atoms with Gasteiger partial charge >= 0.3 is 0 Å². The van der Waals surface area contributed by atoms with Crippen molar-refractivity contribution in [3.05, 3.63) is 45.6 Å². The van der Waals surface area contributed by atoms with E-state index in [1.54, 1.807) is 36.7 Å². The fourth-order valence-electron chi connectivity index (χ4n) is 2.40. The third kappa shape index (κ3) is 3.57. The van der Waals surface area contributed by atoms with E-state index in [-0.39, 0.29) is 4.90 Å². The molecule has 2 heterocycles. The van der Waals surface area contributed by atoms with Gasteiger partial charge in [-0.15, -0.1) is 0 Å². The molecule has 0 aliphatic carbocycles. The Labute approximate surface area is 151 Å². The van der Waals surface area contributed by atoms with Crippen LogP contribution in [-0.4, -0.2) is 48.9 Å².